The lowest BCUT2D eigenvalue weighted by atomic mass is 9.97. The molecule has 7 aromatic carbocycles. The van der Waals surface area contributed by atoms with E-state index in [1.807, 2.05) is 18.2 Å². The van der Waals surface area contributed by atoms with Crippen LogP contribution in [0.25, 0.3) is 44.2 Å². The minimum Gasteiger partial charge on any atom is -0.310 e. The Labute approximate surface area is 258 Å². The summed E-state index contributed by atoms with van der Waals surface area (Å²) < 4.78 is 110. The zero-order valence-corrected chi connectivity index (χ0v) is 21.8. The monoisotopic (exact) mass is 535 g/mol. The van der Waals surface area contributed by atoms with E-state index in [1.54, 1.807) is 84.9 Å². The predicted molar refractivity (Wildman–Crippen MR) is 175 cm³/mol. The van der Waals surface area contributed by atoms with Crippen LogP contribution in [0.5, 0.6) is 0 Å². The largest absolute Gasteiger partial charge is 0.310 e. The van der Waals surface area contributed by atoms with Gasteiger partial charge in [-0.15, -0.1) is 0 Å². The topological polar surface area (TPSA) is 3.24 Å². The molecule has 0 N–H and O–H groups in total. The Bertz CT molecular complexity index is 2420. The van der Waals surface area contributed by atoms with Crippen LogP contribution in [0.2, 0.25) is 0 Å². The third kappa shape index (κ3) is 5.02. The van der Waals surface area contributed by atoms with Crippen LogP contribution in [-0.4, -0.2) is 0 Å². The second-order valence-electron chi connectivity index (χ2n) is 9.26. The summed E-state index contributed by atoms with van der Waals surface area (Å²) in [6.45, 7) is 0. The Kier molecular flexibility index (Phi) is 3.98. The van der Waals surface area contributed by atoms with Gasteiger partial charge in [-0.25, -0.2) is 0 Å². The molecule has 0 fully saturated rings. The third-order valence-electron chi connectivity index (χ3n) is 6.69. The first-order chi connectivity index (χ1) is 25.4. The van der Waals surface area contributed by atoms with Crippen molar-refractivity contribution in [2.75, 3.05) is 4.90 Å². The Balaban J connectivity index is 1.65. The van der Waals surface area contributed by atoms with E-state index in [4.69, 9.17) is 8.22 Å². The highest BCUT2D eigenvalue weighted by Gasteiger charge is 2.15. The fraction of sp³-hybridized carbons (Fsp3) is 0. The third-order valence-corrected chi connectivity index (χ3v) is 6.69. The second kappa shape index (κ2) is 11.0. The molecule has 1 heteroatoms. The molecule has 0 radical (unpaired) electrons. The molecule has 0 aliphatic heterocycles. The molecule has 0 atom stereocenters. The first-order valence-corrected chi connectivity index (χ1v) is 13.1. The maximum atomic E-state index is 9.62. The number of hydrogen-bond donors (Lipinski definition) is 0. The predicted octanol–water partition coefficient (Wildman–Crippen LogP) is 11.3. The summed E-state index contributed by atoms with van der Waals surface area (Å²) >= 11 is 0. The zero-order chi connectivity index (χ0) is 37.9. The van der Waals surface area contributed by atoms with Crippen LogP contribution in [-0.2, 0) is 0 Å². The molecule has 194 valence electrons. The van der Waals surface area contributed by atoms with Gasteiger partial charge in [0.2, 0.25) is 0 Å². The van der Waals surface area contributed by atoms with E-state index in [2.05, 4.69) is 0 Å². The molecule has 0 spiro atoms. The summed E-state index contributed by atoms with van der Waals surface area (Å²) in [6, 6.07) is 22.4. The van der Waals surface area contributed by atoms with Crippen LogP contribution >= 0.6 is 0 Å². The summed E-state index contributed by atoms with van der Waals surface area (Å²) in [7, 11) is 0. The molecule has 0 heterocycles. The van der Waals surface area contributed by atoms with Crippen molar-refractivity contribution in [3.8, 4) is 33.4 Å². The van der Waals surface area contributed by atoms with Crippen molar-refractivity contribution in [3.05, 3.63) is 176 Å². The van der Waals surface area contributed by atoms with Crippen LogP contribution in [0.3, 0.4) is 0 Å². The summed E-state index contributed by atoms with van der Waals surface area (Å²) in [4.78, 5) is 0.877. The van der Waals surface area contributed by atoms with Gasteiger partial charge < -0.3 is 4.90 Å². The van der Waals surface area contributed by atoms with Gasteiger partial charge in [-0.1, -0.05) is 139 Å². The minimum atomic E-state index is -0.711. The first kappa shape index (κ1) is 14.8. The highest BCUT2D eigenvalue weighted by Crippen LogP contribution is 2.39. The molecule has 1 nitrogen and oxygen atoms in total. The number of rotatable bonds is 6. The van der Waals surface area contributed by atoms with Crippen molar-refractivity contribution in [2.45, 2.75) is 0 Å². The Morgan fingerprint density at radius 2 is 0.927 bits per heavy atom. The molecule has 0 bridgehead atoms. The molecule has 7 aromatic rings. The van der Waals surface area contributed by atoms with Crippen LogP contribution in [0.4, 0.5) is 17.1 Å². The summed E-state index contributed by atoms with van der Waals surface area (Å²) in [6.07, 6.45) is 0. The number of nitrogens with zero attached hydrogens (tertiary/aromatic N) is 1. The Morgan fingerprint density at radius 1 is 0.390 bits per heavy atom. The molecule has 41 heavy (non-hydrogen) atoms. The lowest BCUT2D eigenvalue weighted by molar-refractivity contribution is 1.28. The lowest BCUT2D eigenvalue weighted by Crippen LogP contribution is -2.10. The molecule has 0 aromatic heterocycles. The van der Waals surface area contributed by atoms with E-state index in [9.17, 15) is 8.22 Å². The molecule has 7 rings (SSSR count). The average Bonchev–Trinajstić information content (AvgIpc) is 3.16. The molecule has 0 saturated carbocycles. The van der Waals surface area contributed by atoms with Gasteiger partial charge in [0.05, 0.1) is 16.4 Å². The van der Waals surface area contributed by atoms with Gasteiger partial charge in [0, 0.05) is 17.1 Å². The molecular weight excluding hydrogens is 494 g/mol. The van der Waals surface area contributed by atoms with Crippen LogP contribution in [0.1, 0.15) is 16.4 Å². The van der Waals surface area contributed by atoms with Gasteiger partial charge in [-0.2, -0.15) is 0 Å². The Hall–Kier alpha value is -5.40. The fourth-order valence-corrected chi connectivity index (χ4v) is 4.69. The van der Waals surface area contributed by atoms with Gasteiger partial charge in [-0.3, -0.25) is 0 Å². The number of hydrogen-bond acceptors (Lipinski definition) is 1. The van der Waals surface area contributed by atoms with Gasteiger partial charge >= 0.3 is 0 Å². The van der Waals surface area contributed by atoms with Gasteiger partial charge in [-0.05, 0) is 80.4 Å². The number of anilines is 3. The van der Waals surface area contributed by atoms with Gasteiger partial charge in [0.1, 0.15) is 0 Å². The molecule has 0 unspecified atom stereocenters. The van der Waals surface area contributed by atoms with Crippen molar-refractivity contribution >= 4 is 27.8 Å². The molecule has 0 aliphatic rings. The summed E-state index contributed by atoms with van der Waals surface area (Å²) in [5, 5.41) is 1.41. The van der Waals surface area contributed by atoms with E-state index in [1.165, 1.54) is 0 Å². The van der Waals surface area contributed by atoms with Crippen LogP contribution < -0.4 is 4.90 Å². The van der Waals surface area contributed by atoms with E-state index in [-0.39, 0.29) is 16.7 Å². The van der Waals surface area contributed by atoms with Gasteiger partial charge in [0.15, 0.2) is 0 Å². The number of fused-ring (bicyclic) bond motifs is 1. The van der Waals surface area contributed by atoms with E-state index < -0.39 is 89.6 Å². The SMILES string of the molecule is [2H]c1c([2H])c(-c2cccc3ccccc23)c([2H])c(N(c2c([2H])c([2H])c(-c3ccccc3)c([2H])c2[2H])c2c([2H])c([2H])c(-c3ccccc3)c([2H])c2[2H])c1[2H]. The average molecular weight is 536 g/mol. The van der Waals surface area contributed by atoms with Crippen molar-refractivity contribution in [2.24, 2.45) is 0 Å². The van der Waals surface area contributed by atoms with E-state index >= 15 is 0 Å². The molecular formula is C40H29N. The number of benzene rings is 7. The highest BCUT2D eigenvalue weighted by molar-refractivity contribution is 5.97. The quantitative estimate of drug-likeness (QED) is 0.205. The van der Waals surface area contributed by atoms with E-state index in [0.29, 0.717) is 22.1 Å². The van der Waals surface area contributed by atoms with Crippen LogP contribution in [0, 0.1) is 0 Å². The first-order valence-electron chi connectivity index (χ1n) is 19.1. The fourth-order valence-electron chi connectivity index (χ4n) is 4.69. The zero-order valence-electron chi connectivity index (χ0n) is 33.8. The second-order valence-corrected chi connectivity index (χ2v) is 9.26. The van der Waals surface area contributed by atoms with Crippen molar-refractivity contribution in [1.82, 2.24) is 0 Å². The van der Waals surface area contributed by atoms with Gasteiger partial charge in [0.25, 0.3) is 0 Å². The summed E-state index contributed by atoms with van der Waals surface area (Å²) in [5.74, 6) is 0. The standard InChI is InChI=1S/C40H29N/c1-3-11-30(12-4-1)32-21-25-36(26-22-32)41(37-27-23-33(24-28-37)31-13-5-2-6-14-31)38-18-9-17-35(29-38)40-20-10-16-34-15-7-8-19-39(34)40/h1-29H/i9D,17D,18D,21D,22D,23D,24D,25D,26D,27D,28D,29D. The molecule has 0 saturated heterocycles. The normalized spacial score (nSPS) is 15.0. The van der Waals surface area contributed by atoms with Crippen molar-refractivity contribution in [1.29, 1.82) is 0 Å². The molecule has 0 amide bonds. The van der Waals surface area contributed by atoms with E-state index in [0.717, 1.165) is 10.3 Å². The summed E-state index contributed by atoms with van der Waals surface area (Å²) in [5.41, 5.74) is -0.555. The maximum Gasteiger partial charge on any atom is 0.0651 e. The minimum absolute atomic E-state index is 0.0281. The van der Waals surface area contributed by atoms with Crippen molar-refractivity contribution in [3.63, 3.8) is 0 Å². The molecule has 0 aliphatic carbocycles. The lowest BCUT2D eigenvalue weighted by Gasteiger charge is -2.26. The smallest absolute Gasteiger partial charge is 0.0651 e. The maximum absolute atomic E-state index is 9.62. The highest BCUT2D eigenvalue weighted by atomic mass is 15.1. The Morgan fingerprint density at radius 3 is 1.54 bits per heavy atom. The van der Waals surface area contributed by atoms with Crippen molar-refractivity contribution < 1.29 is 16.4 Å². The van der Waals surface area contributed by atoms with Crippen LogP contribution in [0.15, 0.2) is 176 Å².